The lowest BCUT2D eigenvalue weighted by molar-refractivity contribution is 0.104. The van der Waals surface area contributed by atoms with Crippen LogP contribution in [-0.2, 0) is 12.8 Å². The molecule has 1 aliphatic carbocycles. The number of hydrogen-bond donors (Lipinski definition) is 0. The molecular formula is C19H15NO. The molecular weight excluding hydrogens is 258 g/mol. The summed E-state index contributed by atoms with van der Waals surface area (Å²) < 4.78 is 0. The van der Waals surface area contributed by atoms with Crippen LogP contribution in [0, 0.1) is 0 Å². The van der Waals surface area contributed by atoms with Crippen LogP contribution in [0.4, 0.5) is 0 Å². The Bertz CT molecular complexity index is 846. The second-order valence-corrected chi connectivity index (χ2v) is 5.54. The molecule has 0 saturated carbocycles. The van der Waals surface area contributed by atoms with Crippen LogP contribution in [0.5, 0.6) is 0 Å². The first-order valence-corrected chi connectivity index (χ1v) is 7.33. The van der Waals surface area contributed by atoms with Crippen LogP contribution >= 0.6 is 0 Å². The first kappa shape index (κ1) is 12.3. The summed E-state index contributed by atoms with van der Waals surface area (Å²) in [5, 5.41) is 0.922. The third-order valence-corrected chi connectivity index (χ3v) is 4.25. The van der Waals surface area contributed by atoms with Crippen LogP contribution in [0.2, 0.25) is 0 Å². The van der Waals surface area contributed by atoms with Gasteiger partial charge in [0.1, 0.15) is 0 Å². The van der Waals surface area contributed by atoms with Crippen LogP contribution in [0.3, 0.4) is 0 Å². The smallest absolute Gasteiger partial charge is 0.193 e. The molecule has 4 rings (SSSR count). The van der Waals surface area contributed by atoms with Crippen molar-refractivity contribution in [1.29, 1.82) is 0 Å². The lowest BCUT2D eigenvalue weighted by Gasteiger charge is -2.07. The average molecular weight is 273 g/mol. The van der Waals surface area contributed by atoms with Gasteiger partial charge in [-0.05, 0) is 48.6 Å². The zero-order chi connectivity index (χ0) is 14.2. The molecule has 0 atom stereocenters. The number of fused-ring (bicyclic) bond motifs is 2. The van der Waals surface area contributed by atoms with E-state index in [2.05, 4.69) is 17.1 Å². The van der Waals surface area contributed by atoms with Crippen molar-refractivity contribution in [3.63, 3.8) is 0 Å². The van der Waals surface area contributed by atoms with Gasteiger partial charge in [0.25, 0.3) is 0 Å². The van der Waals surface area contributed by atoms with Gasteiger partial charge in [-0.15, -0.1) is 0 Å². The maximum absolute atomic E-state index is 12.8. The van der Waals surface area contributed by atoms with Crippen LogP contribution in [-0.4, -0.2) is 10.8 Å². The zero-order valence-corrected chi connectivity index (χ0v) is 11.7. The predicted molar refractivity (Wildman–Crippen MR) is 83.6 cm³/mol. The van der Waals surface area contributed by atoms with Crippen LogP contribution in [0.1, 0.15) is 33.5 Å². The Balaban J connectivity index is 1.83. The van der Waals surface area contributed by atoms with E-state index in [4.69, 9.17) is 0 Å². The number of rotatable bonds is 2. The van der Waals surface area contributed by atoms with Gasteiger partial charge in [0.15, 0.2) is 5.78 Å². The average Bonchev–Trinajstić information content (AvgIpc) is 3.01. The van der Waals surface area contributed by atoms with Crippen molar-refractivity contribution < 1.29 is 4.79 Å². The van der Waals surface area contributed by atoms with E-state index < -0.39 is 0 Å². The van der Waals surface area contributed by atoms with Crippen LogP contribution < -0.4 is 0 Å². The summed E-state index contributed by atoms with van der Waals surface area (Å²) in [7, 11) is 0. The lowest BCUT2D eigenvalue weighted by Crippen LogP contribution is -2.03. The van der Waals surface area contributed by atoms with Crippen molar-refractivity contribution in [3.05, 3.63) is 77.0 Å². The van der Waals surface area contributed by atoms with E-state index in [9.17, 15) is 4.79 Å². The molecule has 0 fully saturated rings. The molecule has 102 valence electrons. The highest BCUT2D eigenvalue weighted by molar-refractivity contribution is 6.16. The van der Waals surface area contributed by atoms with E-state index >= 15 is 0 Å². The number of nitrogens with zero attached hydrogens (tertiary/aromatic N) is 1. The summed E-state index contributed by atoms with van der Waals surface area (Å²) in [5.74, 6) is 0.0864. The minimum atomic E-state index is 0.0864. The predicted octanol–water partition coefficient (Wildman–Crippen LogP) is 3.95. The van der Waals surface area contributed by atoms with Gasteiger partial charge in [0.2, 0.25) is 0 Å². The van der Waals surface area contributed by atoms with Gasteiger partial charge in [-0.3, -0.25) is 9.78 Å². The van der Waals surface area contributed by atoms with Crippen molar-refractivity contribution in [1.82, 2.24) is 4.98 Å². The lowest BCUT2D eigenvalue weighted by atomic mass is 9.97. The second kappa shape index (κ2) is 4.81. The van der Waals surface area contributed by atoms with Gasteiger partial charge in [-0.2, -0.15) is 0 Å². The Morgan fingerprint density at radius 1 is 0.952 bits per heavy atom. The molecule has 1 aliphatic rings. The van der Waals surface area contributed by atoms with Crippen molar-refractivity contribution >= 4 is 16.7 Å². The standard InChI is InChI=1S/C19H15NO/c21-19(15-10-9-13-4-1-5-14(13)12-15)17-6-2-8-18-16(17)7-3-11-20-18/h2-3,6-12H,1,4-5H2. The molecule has 0 aliphatic heterocycles. The third-order valence-electron chi connectivity index (χ3n) is 4.25. The fourth-order valence-electron chi connectivity index (χ4n) is 3.17. The minimum Gasteiger partial charge on any atom is -0.289 e. The molecule has 0 unspecified atom stereocenters. The van der Waals surface area contributed by atoms with Gasteiger partial charge < -0.3 is 0 Å². The molecule has 21 heavy (non-hydrogen) atoms. The highest BCUT2D eigenvalue weighted by Gasteiger charge is 2.16. The molecule has 1 aromatic heterocycles. The summed E-state index contributed by atoms with van der Waals surface area (Å²) in [6.07, 6.45) is 5.19. The van der Waals surface area contributed by atoms with Gasteiger partial charge in [0.05, 0.1) is 5.52 Å². The quantitative estimate of drug-likeness (QED) is 0.662. The number of aromatic nitrogens is 1. The molecule has 2 aromatic carbocycles. The summed E-state index contributed by atoms with van der Waals surface area (Å²) in [5.41, 5.74) is 5.11. The Labute approximate surface area is 123 Å². The van der Waals surface area contributed by atoms with E-state index in [1.807, 2.05) is 36.4 Å². The fourth-order valence-corrected chi connectivity index (χ4v) is 3.17. The second-order valence-electron chi connectivity index (χ2n) is 5.54. The third kappa shape index (κ3) is 2.04. The number of hydrogen-bond acceptors (Lipinski definition) is 2. The Morgan fingerprint density at radius 3 is 2.81 bits per heavy atom. The van der Waals surface area contributed by atoms with E-state index in [0.29, 0.717) is 0 Å². The van der Waals surface area contributed by atoms with Crippen molar-refractivity contribution in [2.24, 2.45) is 0 Å². The van der Waals surface area contributed by atoms with E-state index in [0.717, 1.165) is 34.9 Å². The minimum absolute atomic E-state index is 0.0864. The monoisotopic (exact) mass is 273 g/mol. The van der Waals surface area contributed by atoms with Gasteiger partial charge in [-0.25, -0.2) is 0 Å². The summed E-state index contributed by atoms with van der Waals surface area (Å²) in [6.45, 7) is 0. The highest BCUT2D eigenvalue weighted by atomic mass is 16.1. The number of pyridine rings is 1. The Kier molecular flexibility index (Phi) is 2.81. The number of carbonyl (C=O) groups excluding carboxylic acids is 1. The number of benzene rings is 2. The first-order valence-electron chi connectivity index (χ1n) is 7.33. The van der Waals surface area contributed by atoms with Crippen molar-refractivity contribution in [2.45, 2.75) is 19.3 Å². The van der Waals surface area contributed by atoms with Crippen LogP contribution in [0.15, 0.2) is 54.7 Å². The van der Waals surface area contributed by atoms with E-state index in [1.54, 1.807) is 6.20 Å². The zero-order valence-electron chi connectivity index (χ0n) is 11.7. The Morgan fingerprint density at radius 2 is 1.86 bits per heavy atom. The largest absolute Gasteiger partial charge is 0.289 e. The molecule has 0 radical (unpaired) electrons. The molecule has 2 nitrogen and oxygen atoms in total. The molecule has 0 N–H and O–H groups in total. The summed E-state index contributed by atoms with van der Waals surface area (Å²) in [6, 6.07) is 15.7. The SMILES string of the molecule is O=C(c1ccc2c(c1)CCC2)c1cccc2ncccc12. The topological polar surface area (TPSA) is 30.0 Å². The summed E-state index contributed by atoms with van der Waals surface area (Å²) in [4.78, 5) is 17.2. The number of carbonyl (C=O) groups is 1. The summed E-state index contributed by atoms with van der Waals surface area (Å²) >= 11 is 0. The van der Waals surface area contributed by atoms with Crippen LogP contribution in [0.25, 0.3) is 10.9 Å². The number of aryl methyl sites for hydroxylation is 2. The van der Waals surface area contributed by atoms with Crippen molar-refractivity contribution in [2.75, 3.05) is 0 Å². The molecule has 3 aromatic rings. The van der Waals surface area contributed by atoms with Gasteiger partial charge >= 0.3 is 0 Å². The molecule has 2 heteroatoms. The fraction of sp³-hybridized carbons (Fsp3) is 0.158. The highest BCUT2D eigenvalue weighted by Crippen LogP contribution is 2.25. The maximum Gasteiger partial charge on any atom is 0.193 e. The molecule has 1 heterocycles. The first-order chi connectivity index (χ1) is 10.3. The maximum atomic E-state index is 12.8. The normalized spacial score (nSPS) is 13.3. The number of ketones is 1. The Hall–Kier alpha value is -2.48. The molecule has 0 bridgehead atoms. The van der Waals surface area contributed by atoms with E-state index in [-0.39, 0.29) is 5.78 Å². The van der Waals surface area contributed by atoms with Gasteiger partial charge in [0, 0.05) is 22.7 Å². The molecule has 0 saturated heterocycles. The van der Waals surface area contributed by atoms with E-state index in [1.165, 1.54) is 17.5 Å². The van der Waals surface area contributed by atoms with Crippen molar-refractivity contribution in [3.8, 4) is 0 Å². The van der Waals surface area contributed by atoms with Gasteiger partial charge in [-0.1, -0.05) is 30.3 Å². The molecule has 0 amide bonds. The molecule has 0 spiro atoms.